The van der Waals surface area contributed by atoms with E-state index < -0.39 is 5.54 Å². The number of nitrogens with zero attached hydrogens (tertiary/aromatic N) is 2. The molecule has 6 heteroatoms. The van der Waals surface area contributed by atoms with Gasteiger partial charge in [0.15, 0.2) is 0 Å². The molecule has 1 aliphatic rings. The third-order valence-corrected chi connectivity index (χ3v) is 4.45. The number of likely N-dealkylation sites (N-methyl/N-ethyl adjacent to an activating group) is 1. The van der Waals surface area contributed by atoms with Gasteiger partial charge < -0.3 is 16.0 Å². The molecule has 23 heavy (non-hydrogen) atoms. The molecule has 3 N–H and O–H groups in total. The van der Waals surface area contributed by atoms with Gasteiger partial charge in [0.2, 0.25) is 11.8 Å². The largest absolute Gasteiger partial charge is 0.345 e. The van der Waals surface area contributed by atoms with Gasteiger partial charge in [0.25, 0.3) is 0 Å². The molecule has 2 amide bonds. The summed E-state index contributed by atoms with van der Waals surface area (Å²) < 4.78 is 0. The summed E-state index contributed by atoms with van der Waals surface area (Å²) in [4.78, 5) is 30.2. The van der Waals surface area contributed by atoms with Crippen molar-refractivity contribution in [1.29, 1.82) is 0 Å². The van der Waals surface area contributed by atoms with E-state index in [9.17, 15) is 9.59 Å². The summed E-state index contributed by atoms with van der Waals surface area (Å²) >= 11 is 0. The van der Waals surface area contributed by atoms with Crippen LogP contribution in [-0.2, 0) is 16.0 Å². The molecule has 0 spiro atoms. The molecule has 1 aromatic heterocycles. The zero-order valence-electron chi connectivity index (χ0n) is 13.8. The smallest absolute Gasteiger partial charge is 0.241 e. The third kappa shape index (κ3) is 5.03. The average Bonchev–Trinajstić information content (AvgIpc) is 2.58. The van der Waals surface area contributed by atoms with Gasteiger partial charge in [-0.2, -0.15) is 0 Å². The van der Waals surface area contributed by atoms with Crippen molar-refractivity contribution in [3.05, 3.63) is 30.1 Å². The van der Waals surface area contributed by atoms with Crippen LogP contribution >= 0.6 is 0 Å². The van der Waals surface area contributed by atoms with Gasteiger partial charge in [0, 0.05) is 31.9 Å². The number of carbonyl (C=O) groups excluding carboxylic acids is 2. The van der Waals surface area contributed by atoms with E-state index >= 15 is 0 Å². The highest BCUT2D eigenvalue weighted by Gasteiger charge is 2.35. The van der Waals surface area contributed by atoms with Crippen LogP contribution in [0.15, 0.2) is 24.4 Å². The molecule has 1 aromatic rings. The first kappa shape index (κ1) is 17.4. The van der Waals surface area contributed by atoms with Gasteiger partial charge in [-0.1, -0.05) is 25.3 Å². The Labute approximate surface area is 137 Å². The van der Waals surface area contributed by atoms with E-state index in [1.165, 1.54) is 0 Å². The van der Waals surface area contributed by atoms with E-state index in [4.69, 9.17) is 5.73 Å². The fourth-order valence-corrected chi connectivity index (χ4v) is 2.83. The summed E-state index contributed by atoms with van der Waals surface area (Å²) in [6.07, 6.45) is 6.90. The first-order valence-corrected chi connectivity index (χ1v) is 8.22. The number of aromatic nitrogens is 1. The number of nitrogens with one attached hydrogen (secondary N) is 1. The number of carbonyl (C=O) groups is 2. The Kier molecular flexibility index (Phi) is 6.10. The molecule has 1 saturated carbocycles. The first-order chi connectivity index (χ1) is 11.0. The van der Waals surface area contributed by atoms with Crippen LogP contribution in [0.25, 0.3) is 0 Å². The maximum atomic E-state index is 12.2. The summed E-state index contributed by atoms with van der Waals surface area (Å²) in [6, 6.07) is 5.72. The van der Waals surface area contributed by atoms with Crippen LogP contribution in [0.1, 0.15) is 37.8 Å². The molecular formula is C17H26N4O2. The van der Waals surface area contributed by atoms with E-state index in [0.29, 0.717) is 25.8 Å². The van der Waals surface area contributed by atoms with Gasteiger partial charge in [-0.05, 0) is 25.0 Å². The molecular weight excluding hydrogens is 292 g/mol. The normalized spacial score (nSPS) is 16.6. The Morgan fingerprint density at radius 3 is 2.70 bits per heavy atom. The van der Waals surface area contributed by atoms with Gasteiger partial charge in [-0.25, -0.2) is 0 Å². The Morgan fingerprint density at radius 2 is 2.04 bits per heavy atom. The SMILES string of the molecule is CN(CCc1ccccn1)C(=O)CNC(=O)C1(N)CCCCC1. The zero-order valence-corrected chi connectivity index (χ0v) is 13.8. The van der Waals surface area contributed by atoms with Gasteiger partial charge >= 0.3 is 0 Å². The fraction of sp³-hybridized carbons (Fsp3) is 0.588. The van der Waals surface area contributed by atoms with Crippen molar-refractivity contribution in [3.8, 4) is 0 Å². The number of pyridine rings is 1. The van der Waals surface area contributed by atoms with Crippen molar-refractivity contribution in [1.82, 2.24) is 15.2 Å². The Hall–Kier alpha value is -1.95. The van der Waals surface area contributed by atoms with E-state index in [1.807, 2.05) is 18.2 Å². The van der Waals surface area contributed by atoms with Crippen LogP contribution in [0.5, 0.6) is 0 Å². The standard InChI is InChI=1S/C17H26N4O2/c1-21(12-8-14-7-3-6-11-19-14)15(22)13-20-16(23)17(18)9-4-2-5-10-17/h3,6-7,11H,2,4-5,8-10,12-13,18H2,1H3,(H,20,23). The van der Waals surface area contributed by atoms with Gasteiger partial charge in [0.05, 0.1) is 12.1 Å². The molecule has 0 unspecified atom stereocenters. The molecule has 0 saturated heterocycles. The first-order valence-electron chi connectivity index (χ1n) is 8.22. The molecule has 6 nitrogen and oxygen atoms in total. The molecule has 1 aliphatic carbocycles. The molecule has 1 heterocycles. The quantitative estimate of drug-likeness (QED) is 0.814. The number of nitrogens with two attached hydrogens (primary N) is 1. The number of hydrogen-bond acceptors (Lipinski definition) is 4. The molecule has 0 atom stereocenters. The molecule has 1 fully saturated rings. The lowest BCUT2D eigenvalue weighted by atomic mass is 9.82. The lowest BCUT2D eigenvalue weighted by Crippen LogP contribution is -2.56. The Bertz CT molecular complexity index is 527. The second kappa shape index (κ2) is 8.06. The summed E-state index contributed by atoms with van der Waals surface area (Å²) in [7, 11) is 1.73. The lowest BCUT2D eigenvalue weighted by molar-refractivity contribution is -0.134. The molecule has 2 rings (SSSR count). The highest BCUT2D eigenvalue weighted by atomic mass is 16.2. The lowest BCUT2D eigenvalue weighted by Gasteiger charge is -2.31. The summed E-state index contributed by atoms with van der Waals surface area (Å²) in [5.74, 6) is -0.322. The van der Waals surface area contributed by atoms with Crippen LogP contribution < -0.4 is 11.1 Å². The minimum atomic E-state index is -0.801. The monoisotopic (exact) mass is 318 g/mol. The van der Waals surface area contributed by atoms with Crippen molar-refractivity contribution >= 4 is 11.8 Å². The Balaban J connectivity index is 1.74. The Morgan fingerprint density at radius 1 is 1.30 bits per heavy atom. The van der Waals surface area contributed by atoms with Crippen molar-refractivity contribution < 1.29 is 9.59 Å². The van der Waals surface area contributed by atoms with Gasteiger partial charge in [-0.15, -0.1) is 0 Å². The maximum Gasteiger partial charge on any atom is 0.241 e. The van der Waals surface area contributed by atoms with Crippen LogP contribution in [0.2, 0.25) is 0 Å². The average molecular weight is 318 g/mol. The predicted molar refractivity (Wildman–Crippen MR) is 88.6 cm³/mol. The minimum absolute atomic E-state index is 0.00347. The summed E-state index contributed by atoms with van der Waals surface area (Å²) in [5, 5.41) is 2.70. The zero-order chi connectivity index (χ0) is 16.7. The van der Waals surface area contributed by atoms with Crippen molar-refractivity contribution in [3.63, 3.8) is 0 Å². The van der Waals surface area contributed by atoms with Gasteiger partial charge in [-0.3, -0.25) is 14.6 Å². The second-order valence-corrected chi connectivity index (χ2v) is 6.29. The van der Waals surface area contributed by atoms with Crippen LogP contribution in [-0.4, -0.2) is 47.4 Å². The molecule has 126 valence electrons. The molecule has 0 radical (unpaired) electrons. The van der Waals surface area contributed by atoms with E-state index in [2.05, 4.69) is 10.3 Å². The fourth-order valence-electron chi connectivity index (χ4n) is 2.83. The molecule has 0 aliphatic heterocycles. The van der Waals surface area contributed by atoms with E-state index in [0.717, 1.165) is 25.0 Å². The van der Waals surface area contributed by atoms with Gasteiger partial charge in [0.1, 0.15) is 0 Å². The van der Waals surface area contributed by atoms with E-state index in [-0.39, 0.29) is 18.4 Å². The minimum Gasteiger partial charge on any atom is -0.345 e. The van der Waals surface area contributed by atoms with Crippen molar-refractivity contribution in [2.24, 2.45) is 5.73 Å². The van der Waals surface area contributed by atoms with Crippen molar-refractivity contribution in [2.45, 2.75) is 44.1 Å². The predicted octanol–water partition coefficient (Wildman–Crippen LogP) is 0.860. The summed E-state index contributed by atoms with van der Waals surface area (Å²) in [5.41, 5.74) is 6.30. The third-order valence-electron chi connectivity index (χ3n) is 4.45. The van der Waals surface area contributed by atoms with Crippen LogP contribution in [0, 0.1) is 0 Å². The highest BCUT2D eigenvalue weighted by molar-refractivity contribution is 5.90. The number of hydrogen-bond donors (Lipinski definition) is 2. The maximum absolute atomic E-state index is 12.2. The molecule has 0 aromatic carbocycles. The van der Waals surface area contributed by atoms with Crippen LogP contribution in [0.4, 0.5) is 0 Å². The molecule has 0 bridgehead atoms. The van der Waals surface area contributed by atoms with Crippen LogP contribution in [0.3, 0.4) is 0 Å². The van der Waals surface area contributed by atoms with Crippen molar-refractivity contribution in [2.75, 3.05) is 20.1 Å². The number of amides is 2. The van der Waals surface area contributed by atoms with E-state index in [1.54, 1.807) is 18.1 Å². The topological polar surface area (TPSA) is 88.3 Å². The second-order valence-electron chi connectivity index (χ2n) is 6.29. The summed E-state index contributed by atoms with van der Waals surface area (Å²) in [6.45, 7) is 0.565. The highest BCUT2D eigenvalue weighted by Crippen LogP contribution is 2.25. The number of rotatable bonds is 6.